The summed E-state index contributed by atoms with van der Waals surface area (Å²) >= 11 is 1.10. The molecule has 1 aliphatic rings. The fourth-order valence-electron chi connectivity index (χ4n) is 2.85. The molecule has 0 radical (unpaired) electrons. The molecule has 1 saturated heterocycles. The van der Waals surface area contributed by atoms with Gasteiger partial charge >= 0.3 is 0 Å². The number of nitrogens with one attached hydrogen (secondary N) is 2. The van der Waals surface area contributed by atoms with Gasteiger partial charge in [0.2, 0.25) is 11.8 Å². The maximum Gasteiger partial charge on any atom is 0.237 e. The Balaban J connectivity index is 1.87. The summed E-state index contributed by atoms with van der Waals surface area (Å²) in [6, 6.07) is 5.44. The molecule has 2 N–H and O–H groups in total. The van der Waals surface area contributed by atoms with E-state index in [1.54, 1.807) is 6.07 Å². The van der Waals surface area contributed by atoms with E-state index in [1.807, 2.05) is 32.9 Å². The molecular formula is C15H18N4O2S. The van der Waals surface area contributed by atoms with Crippen LogP contribution in [0.2, 0.25) is 0 Å². The lowest BCUT2D eigenvalue weighted by molar-refractivity contribution is -0.132. The highest BCUT2D eigenvalue weighted by Gasteiger charge is 2.45. The molecule has 1 aromatic carbocycles. The van der Waals surface area contributed by atoms with Gasteiger partial charge in [-0.1, -0.05) is 26.8 Å². The molecule has 22 heavy (non-hydrogen) atoms. The lowest BCUT2D eigenvalue weighted by Crippen LogP contribution is -2.37. The van der Waals surface area contributed by atoms with Crippen molar-refractivity contribution in [3.8, 4) is 0 Å². The number of carbonyl (C=O) groups is 2. The summed E-state index contributed by atoms with van der Waals surface area (Å²) in [4.78, 5) is 24.7. The van der Waals surface area contributed by atoms with E-state index in [0.29, 0.717) is 17.7 Å². The number of amides is 2. The largest absolute Gasteiger partial charge is 0.355 e. The van der Waals surface area contributed by atoms with Crippen molar-refractivity contribution in [1.82, 2.24) is 14.1 Å². The molecular weight excluding hydrogens is 300 g/mol. The smallest absolute Gasteiger partial charge is 0.237 e. The highest BCUT2D eigenvalue weighted by atomic mass is 32.1. The molecule has 0 saturated carbocycles. The van der Waals surface area contributed by atoms with Crippen LogP contribution in [0.3, 0.4) is 0 Å². The number of aromatic nitrogens is 2. The number of nitrogens with zero attached hydrogens (tertiary/aromatic N) is 2. The zero-order valence-corrected chi connectivity index (χ0v) is 13.5. The molecule has 2 heterocycles. The van der Waals surface area contributed by atoms with Gasteiger partial charge in [0.1, 0.15) is 17.0 Å². The summed E-state index contributed by atoms with van der Waals surface area (Å²) in [6.07, 6.45) is 0. The van der Waals surface area contributed by atoms with E-state index in [4.69, 9.17) is 0 Å². The molecule has 1 aliphatic heterocycles. The summed E-state index contributed by atoms with van der Waals surface area (Å²) in [5.41, 5.74) is 1.87. The van der Waals surface area contributed by atoms with Crippen molar-refractivity contribution < 1.29 is 9.59 Å². The Hall–Kier alpha value is -2.02. The van der Waals surface area contributed by atoms with Crippen LogP contribution in [-0.2, 0) is 9.59 Å². The van der Waals surface area contributed by atoms with Crippen LogP contribution in [0.15, 0.2) is 18.2 Å². The van der Waals surface area contributed by atoms with Crippen molar-refractivity contribution in [3.63, 3.8) is 0 Å². The first-order valence-corrected chi connectivity index (χ1v) is 7.91. The van der Waals surface area contributed by atoms with Gasteiger partial charge in [0.05, 0.1) is 17.4 Å². The summed E-state index contributed by atoms with van der Waals surface area (Å²) in [7, 11) is 0. The first-order chi connectivity index (χ1) is 10.4. The minimum Gasteiger partial charge on any atom is -0.355 e. The second kappa shape index (κ2) is 5.31. The van der Waals surface area contributed by atoms with Crippen molar-refractivity contribution >= 4 is 40.3 Å². The van der Waals surface area contributed by atoms with Gasteiger partial charge in [-0.05, 0) is 17.5 Å². The lowest BCUT2D eigenvalue weighted by atomic mass is 9.74. The Bertz CT molecular complexity index is 734. The van der Waals surface area contributed by atoms with Crippen molar-refractivity contribution in [2.75, 3.05) is 11.9 Å². The molecule has 2 atom stereocenters. The minimum absolute atomic E-state index is 0.0345. The third-order valence-corrected chi connectivity index (χ3v) is 4.66. The highest BCUT2D eigenvalue weighted by Crippen LogP contribution is 2.36. The molecule has 0 spiro atoms. The maximum atomic E-state index is 12.6. The molecule has 3 rings (SSSR count). The number of benzene rings is 1. The minimum atomic E-state index is -0.679. The average molecular weight is 318 g/mol. The SMILES string of the molecule is CC(C)(C)C1CNC(=O)C1C(=O)Nc1cccc2nsnc12. The summed E-state index contributed by atoms with van der Waals surface area (Å²) in [5, 5.41) is 5.65. The van der Waals surface area contributed by atoms with Crippen LogP contribution in [0.25, 0.3) is 11.0 Å². The third kappa shape index (κ3) is 2.56. The van der Waals surface area contributed by atoms with Crippen molar-refractivity contribution in [2.24, 2.45) is 17.3 Å². The van der Waals surface area contributed by atoms with E-state index >= 15 is 0 Å². The molecule has 2 amide bonds. The molecule has 0 aliphatic carbocycles. The molecule has 1 aromatic heterocycles. The Morgan fingerprint density at radius 3 is 2.86 bits per heavy atom. The van der Waals surface area contributed by atoms with Crippen molar-refractivity contribution in [3.05, 3.63) is 18.2 Å². The van der Waals surface area contributed by atoms with Crippen LogP contribution in [0, 0.1) is 17.3 Å². The van der Waals surface area contributed by atoms with Crippen LogP contribution in [0.1, 0.15) is 20.8 Å². The number of carbonyl (C=O) groups excluding carboxylic acids is 2. The fourth-order valence-corrected chi connectivity index (χ4v) is 3.40. The van der Waals surface area contributed by atoms with E-state index < -0.39 is 5.92 Å². The van der Waals surface area contributed by atoms with Gasteiger partial charge in [-0.25, -0.2) is 0 Å². The Kier molecular flexibility index (Phi) is 3.60. The van der Waals surface area contributed by atoms with Gasteiger partial charge in [0, 0.05) is 12.5 Å². The quantitative estimate of drug-likeness (QED) is 0.830. The van der Waals surface area contributed by atoms with Crippen LogP contribution < -0.4 is 10.6 Å². The van der Waals surface area contributed by atoms with Crippen LogP contribution >= 0.6 is 11.7 Å². The third-order valence-electron chi connectivity index (χ3n) is 4.12. The van der Waals surface area contributed by atoms with Gasteiger partial charge in [0.15, 0.2) is 0 Å². The topological polar surface area (TPSA) is 84.0 Å². The standard InChI is InChI=1S/C15H18N4O2S/c1-15(2,3)8-7-16-13(20)11(8)14(21)17-9-5-4-6-10-12(9)19-22-18-10/h4-6,8,11H,7H2,1-3H3,(H,16,20)(H,17,21). The number of anilines is 1. The van der Waals surface area contributed by atoms with Gasteiger partial charge in [-0.2, -0.15) is 8.75 Å². The van der Waals surface area contributed by atoms with Crippen LogP contribution in [0.5, 0.6) is 0 Å². The predicted octanol–water partition coefficient (Wildman–Crippen LogP) is 2.04. The summed E-state index contributed by atoms with van der Waals surface area (Å²) in [6.45, 7) is 6.67. The Morgan fingerprint density at radius 1 is 1.36 bits per heavy atom. The van der Waals surface area contributed by atoms with Crippen molar-refractivity contribution in [2.45, 2.75) is 20.8 Å². The first kappa shape index (κ1) is 14.9. The lowest BCUT2D eigenvalue weighted by Gasteiger charge is -2.29. The van der Waals surface area contributed by atoms with Crippen molar-refractivity contribution in [1.29, 1.82) is 0 Å². The van der Waals surface area contributed by atoms with Gasteiger partial charge in [-0.15, -0.1) is 0 Å². The first-order valence-electron chi connectivity index (χ1n) is 7.18. The zero-order valence-electron chi connectivity index (χ0n) is 12.7. The van der Waals surface area contributed by atoms with E-state index in [0.717, 1.165) is 17.2 Å². The van der Waals surface area contributed by atoms with Gasteiger partial charge in [-0.3, -0.25) is 9.59 Å². The molecule has 2 aromatic rings. The molecule has 7 heteroatoms. The molecule has 1 fully saturated rings. The second-order valence-electron chi connectivity index (χ2n) is 6.62. The summed E-state index contributed by atoms with van der Waals surface area (Å²) < 4.78 is 8.35. The van der Waals surface area contributed by atoms with E-state index in [2.05, 4.69) is 19.4 Å². The number of fused-ring (bicyclic) bond motifs is 1. The molecule has 0 bridgehead atoms. The monoisotopic (exact) mass is 318 g/mol. The van der Waals surface area contributed by atoms with Gasteiger partial charge in [0.25, 0.3) is 0 Å². The predicted molar refractivity (Wildman–Crippen MR) is 85.5 cm³/mol. The second-order valence-corrected chi connectivity index (χ2v) is 7.15. The number of hydrogen-bond acceptors (Lipinski definition) is 5. The van der Waals surface area contributed by atoms with Crippen LogP contribution in [-0.4, -0.2) is 27.1 Å². The highest BCUT2D eigenvalue weighted by molar-refractivity contribution is 7.00. The van der Waals surface area contributed by atoms with E-state index in [1.165, 1.54) is 0 Å². The van der Waals surface area contributed by atoms with E-state index in [9.17, 15) is 9.59 Å². The Labute approximate surface area is 132 Å². The molecule has 2 unspecified atom stereocenters. The normalized spacial score (nSPS) is 21.9. The van der Waals surface area contributed by atoms with E-state index in [-0.39, 0.29) is 23.1 Å². The zero-order chi connectivity index (χ0) is 15.9. The fraction of sp³-hybridized carbons (Fsp3) is 0.467. The molecule has 6 nitrogen and oxygen atoms in total. The molecule has 116 valence electrons. The number of rotatable bonds is 2. The van der Waals surface area contributed by atoms with Crippen LogP contribution in [0.4, 0.5) is 5.69 Å². The van der Waals surface area contributed by atoms with Gasteiger partial charge < -0.3 is 10.6 Å². The Morgan fingerprint density at radius 2 is 2.14 bits per heavy atom. The average Bonchev–Trinajstić information content (AvgIpc) is 3.04. The maximum absolute atomic E-state index is 12.6. The summed E-state index contributed by atoms with van der Waals surface area (Å²) in [5.74, 6) is -1.20. The number of hydrogen-bond donors (Lipinski definition) is 2.